The highest BCUT2D eigenvalue weighted by Gasteiger charge is 2.30. The van der Waals surface area contributed by atoms with Crippen LogP contribution in [0.2, 0.25) is 0 Å². The molecule has 0 aliphatic carbocycles. The van der Waals surface area contributed by atoms with E-state index in [-0.39, 0.29) is 25.7 Å². The van der Waals surface area contributed by atoms with Crippen molar-refractivity contribution in [2.24, 2.45) is 17.8 Å². The molecule has 0 rings (SSSR count). The number of aliphatic hydroxyl groups excluding tert-OH is 1. The van der Waals surface area contributed by atoms with Crippen molar-refractivity contribution in [3.8, 4) is 0 Å². The Labute approximate surface area is 479 Å². The summed E-state index contributed by atoms with van der Waals surface area (Å²) in [5.41, 5.74) is 0. The third-order valence-corrected chi connectivity index (χ3v) is 15.5. The van der Waals surface area contributed by atoms with E-state index in [2.05, 4.69) is 48.5 Å². The molecule has 3 N–H and O–H groups in total. The van der Waals surface area contributed by atoms with Gasteiger partial charge in [-0.1, -0.05) is 235 Å². The molecular weight excluding hydrogens is 1050 g/mol. The van der Waals surface area contributed by atoms with Crippen molar-refractivity contribution >= 4 is 39.5 Å². The zero-order chi connectivity index (χ0) is 58.8. The van der Waals surface area contributed by atoms with Crippen molar-refractivity contribution in [3.05, 3.63) is 0 Å². The van der Waals surface area contributed by atoms with Crippen LogP contribution in [0.4, 0.5) is 0 Å². The second-order valence-corrected chi connectivity index (χ2v) is 26.1. The molecule has 5 atom stereocenters. The zero-order valence-electron chi connectivity index (χ0n) is 50.8. The van der Waals surface area contributed by atoms with Crippen molar-refractivity contribution in [1.29, 1.82) is 0 Å². The van der Waals surface area contributed by atoms with Gasteiger partial charge < -0.3 is 33.8 Å². The minimum atomic E-state index is -4.94. The maximum Gasteiger partial charge on any atom is 0.472 e. The first-order chi connectivity index (χ1) is 37.7. The van der Waals surface area contributed by atoms with Gasteiger partial charge in [-0.15, -0.1) is 0 Å². The maximum atomic E-state index is 12.9. The van der Waals surface area contributed by atoms with E-state index in [9.17, 15) is 43.2 Å². The summed E-state index contributed by atoms with van der Waals surface area (Å²) in [6.45, 7) is 11.5. The topological polar surface area (TPSA) is 237 Å². The second kappa shape index (κ2) is 51.7. The average Bonchev–Trinajstić information content (AvgIpc) is 3.39. The first-order valence-corrected chi connectivity index (χ1v) is 34.3. The molecule has 0 saturated heterocycles. The van der Waals surface area contributed by atoms with Crippen LogP contribution in [0.1, 0.15) is 286 Å². The maximum absolute atomic E-state index is 12.9. The molecule has 2 unspecified atom stereocenters. The lowest BCUT2D eigenvalue weighted by atomic mass is 10.0. The fourth-order valence-electron chi connectivity index (χ4n) is 8.77. The van der Waals surface area contributed by atoms with Gasteiger partial charge in [-0.25, -0.2) is 9.13 Å². The molecule has 0 aliphatic heterocycles. The Morgan fingerprint density at radius 3 is 0.861 bits per heavy atom. The highest BCUT2D eigenvalue weighted by Crippen LogP contribution is 2.45. The normalized spacial score (nSPS) is 14.5. The van der Waals surface area contributed by atoms with Crippen LogP contribution >= 0.6 is 15.6 Å². The highest BCUT2D eigenvalue weighted by atomic mass is 31.2. The number of unbranched alkanes of at least 4 members (excludes halogenated alkanes) is 26. The first-order valence-electron chi connectivity index (χ1n) is 31.3. The van der Waals surface area contributed by atoms with Crippen molar-refractivity contribution in [2.75, 3.05) is 39.6 Å². The fraction of sp³-hybridized carbons (Fsp3) is 0.933. The Balaban J connectivity index is 5.19. The van der Waals surface area contributed by atoms with Crippen molar-refractivity contribution in [3.63, 3.8) is 0 Å². The molecule has 19 heteroatoms. The predicted molar refractivity (Wildman–Crippen MR) is 312 cm³/mol. The molecule has 468 valence electrons. The standard InChI is InChI=1S/C60H116O17P2/c1-8-9-10-24-34-41-57(62)70-47-55(77-60(65)44-37-30-23-22-27-33-40-53(6)7)49-74-78(66,67)72-45-54(61)46-73-79(68,69)75-50-56(48-71-58(63)42-35-28-20-17-13-15-19-26-32-39-52(4)5)76-59(64)43-36-29-21-16-12-11-14-18-25-31-38-51(2)3/h51-56,61H,8-50H2,1-7H3,(H,66,67)(H,68,69)/t54-,55+,56+/m0/s1. The van der Waals surface area contributed by atoms with Gasteiger partial charge in [0.15, 0.2) is 12.2 Å². The summed E-state index contributed by atoms with van der Waals surface area (Å²) in [4.78, 5) is 71.7. The van der Waals surface area contributed by atoms with E-state index in [0.29, 0.717) is 31.6 Å². The Bertz CT molecular complexity index is 1580. The minimum absolute atomic E-state index is 0.101. The lowest BCUT2D eigenvalue weighted by Gasteiger charge is -2.21. The van der Waals surface area contributed by atoms with Crippen LogP contribution in [0, 0.1) is 17.8 Å². The number of aliphatic hydroxyl groups is 1. The number of hydrogen-bond donors (Lipinski definition) is 3. The van der Waals surface area contributed by atoms with Crippen LogP contribution < -0.4 is 0 Å². The highest BCUT2D eigenvalue weighted by molar-refractivity contribution is 7.47. The fourth-order valence-corrected chi connectivity index (χ4v) is 10.4. The third-order valence-electron chi connectivity index (χ3n) is 13.6. The molecule has 0 bridgehead atoms. The lowest BCUT2D eigenvalue weighted by molar-refractivity contribution is -0.161. The van der Waals surface area contributed by atoms with Crippen LogP contribution in [-0.4, -0.2) is 96.7 Å². The van der Waals surface area contributed by atoms with Gasteiger partial charge in [0, 0.05) is 25.7 Å². The average molecular weight is 1170 g/mol. The van der Waals surface area contributed by atoms with Crippen LogP contribution in [-0.2, 0) is 65.4 Å². The first kappa shape index (κ1) is 77.1. The smallest absolute Gasteiger partial charge is 0.462 e. The number of phosphoric ester groups is 2. The molecule has 79 heavy (non-hydrogen) atoms. The number of phosphoric acid groups is 2. The molecule has 0 aromatic rings. The molecule has 0 spiro atoms. The van der Waals surface area contributed by atoms with Crippen molar-refractivity contribution in [2.45, 2.75) is 304 Å². The summed E-state index contributed by atoms with van der Waals surface area (Å²) < 4.78 is 67.6. The summed E-state index contributed by atoms with van der Waals surface area (Å²) in [5, 5.41) is 10.5. The Hall–Kier alpha value is -1.94. The number of carbonyl (C=O) groups excluding carboxylic acids is 4. The van der Waals surface area contributed by atoms with E-state index in [1.54, 1.807) is 0 Å². The molecular formula is C60H116O17P2. The third kappa shape index (κ3) is 55.0. The molecule has 0 amide bonds. The van der Waals surface area contributed by atoms with E-state index >= 15 is 0 Å². The summed E-state index contributed by atoms with van der Waals surface area (Å²) in [5.74, 6) is 0.00968. The van der Waals surface area contributed by atoms with E-state index in [1.165, 1.54) is 89.9 Å². The summed E-state index contributed by atoms with van der Waals surface area (Å²) >= 11 is 0. The minimum Gasteiger partial charge on any atom is -0.462 e. The van der Waals surface area contributed by atoms with Crippen LogP contribution in [0.5, 0.6) is 0 Å². The molecule has 0 aromatic heterocycles. The summed E-state index contributed by atoms with van der Waals surface area (Å²) in [6.07, 6.45) is 31.3. The van der Waals surface area contributed by atoms with Gasteiger partial charge in [0.2, 0.25) is 0 Å². The van der Waals surface area contributed by atoms with Gasteiger partial charge >= 0.3 is 39.5 Å². The van der Waals surface area contributed by atoms with Gasteiger partial charge in [0.05, 0.1) is 26.4 Å². The monoisotopic (exact) mass is 1170 g/mol. The van der Waals surface area contributed by atoms with E-state index in [1.807, 2.05) is 0 Å². The van der Waals surface area contributed by atoms with Crippen LogP contribution in [0.25, 0.3) is 0 Å². The van der Waals surface area contributed by atoms with E-state index in [4.69, 9.17) is 37.0 Å². The Kier molecular flexibility index (Phi) is 50.4. The van der Waals surface area contributed by atoms with Gasteiger partial charge in [-0.2, -0.15) is 0 Å². The van der Waals surface area contributed by atoms with Crippen molar-refractivity contribution < 1.29 is 80.2 Å². The Morgan fingerprint density at radius 2 is 0.582 bits per heavy atom. The number of carbonyl (C=O) groups is 4. The van der Waals surface area contributed by atoms with E-state index < -0.39 is 97.5 Å². The van der Waals surface area contributed by atoms with E-state index in [0.717, 1.165) is 108 Å². The molecule has 0 radical (unpaired) electrons. The number of esters is 4. The zero-order valence-corrected chi connectivity index (χ0v) is 52.6. The summed E-state index contributed by atoms with van der Waals surface area (Å²) in [7, 11) is -9.87. The molecule has 0 heterocycles. The number of ether oxygens (including phenoxy) is 4. The lowest BCUT2D eigenvalue weighted by Crippen LogP contribution is -2.30. The van der Waals surface area contributed by atoms with Gasteiger partial charge in [-0.3, -0.25) is 37.3 Å². The predicted octanol–water partition coefficient (Wildman–Crippen LogP) is 15.9. The molecule has 0 aliphatic rings. The number of rotatable bonds is 58. The SMILES string of the molecule is CCCCCCCC(=O)OC[C@H](COP(=O)(O)OC[C@H](O)COP(=O)(O)OC[C@@H](COC(=O)CCCCCCCCCCCC(C)C)OC(=O)CCCCCCCCCCCCC(C)C)OC(=O)CCCCCCCCC(C)C. The van der Waals surface area contributed by atoms with Crippen molar-refractivity contribution in [1.82, 2.24) is 0 Å². The Morgan fingerprint density at radius 1 is 0.342 bits per heavy atom. The largest absolute Gasteiger partial charge is 0.472 e. The van der Waals surface area contributed by atoms with Gasteiger partial charge in [0.25, 0.3) is 0 Å². The molecule has 0 saturated carbocycles. The number of hydrogen-bond acceptors (Lipinski definition) is 15. The second-order valence-electron chi connectivity index (χ2n) is 23.2. The molecule has 0 aromatic carbocycles. The van der Waals surface area contributed by atoms with Crippen LogP contribution in [0.3, 0.4) is 0 Å². The molecule has 17 nitrogen and oxygen atoms in total. The quantitative estimate of drug-likeness (QED) is 0.0222. The van der Waals surface area contributed by atoms with Gasteiger partial charge in [-0.05, 0) is 43.4 Å². The summed E-state index contributed by atoms with van der Waals surface area (Å²) in [6, 6.07) is 0. The van der Waals surface area contributed by atoms with Crippen LogP contribution in [0.15, 0.2) is 0 Å². The van der Waals surface area contributed by atoms with Gasteiger partial charge in [0.1, 0.15) is 19.3 Å². The molecule has 0 fully saturated rings.